The molecular formula is C25H28FN5O. The van der Waals surface area contributed by atoms with Crippen molar-refractivity contribution in [3.8, 4) is 11.3 Å². The van der Waals surface area contributed by atoms with Gasteiger partial charge in [0.2, 0.25) is 0 Å². The Hall–Kier alpha value is -3.32. The molecule has 0 saturated heterocycles. The number of fused-ring (bicyclic) bond motifs is 1. The highest BCUT2D eigenvalue weighted by Gasteiger charge is 2.20. The fraction of sp³-hybridized carbons (Fsp3) is 0.320. The maximum Gasteiger partial charge on any atom is 0.158 e. The monoisotopic (exact) mass is 433 g/mol. The molecule has 2 aromatic heterocycles. The second-order valence-corrected chi connectivity index (χ2v) is 7.87. The highest BCUT2D eigenvalue weighted by Crippen LogP contribution is 2.31. The van der Waals surface area contributed by atoms with Crippen molar-refractivity contribution in [1.82, 2.24) is 9.97 Å². The Morgan fingerprint density at radius 3 is 2.91 bits per heavy atom. The summed E-state index contributed by atoms with van der Waals surface area (Å²) in [6, 6.07) is 15.5. The highest BCUT2D eigenvalue weighted by atomic mass is 19.1. The number of aromatic nitrogens is 2. The van der Waals surface area contributed by atoms with Gasteiger partial charge in [-0.2, -0.15) is 0 Å². The van der Waals surface area contributed by atoms with Crippen LogP contribution in [0.3, 0.4) is 0 Å². The third kappa shape index (κ3) is 5.29. The molecule has 0 radical (unpaired) electrons. The standard InChI is InChI=1S/C25H28FN5O/c1-18(29-24-12-9-21(26)17-28-24)31-14-5-13-27-23-11-10-22(30-25(23)31)20-8-4-7-19(16-20)6-2-3-15-32/h4,7-12,16-17,27,32H,2-3,5-6,13-15H2,1H3. The van der Waals surface area contributed by atoms with Crippen molar-refractivity contribution in [3.05, 3.63) is 66.1 Å². The maximum absolute atomic E-state index is 13.2. The van der Waals surface area contributed by atoms with Gasteiger partial charge in [-0.25, -0.2) is 19.4 Å². The first-order chi connectivity index (χ1) is 15.6. The molecule has 0 saturated carbocycles. The summed E-state index contributed by atoms with van der Waals surface area (Å²) >= 11 is 0. The van der Waals surface area contributed by atoms with E-state index in [1.807, 2.05) is 13.0 Å². The quantitative estimate of drug-likeness (QED) is 0.326. The summed E-state index contributed by atoms with van der Waals surface area (Å²) in [5.41, 5.74) is 4.16. The first kappa shape index (κ1) is 21.9. The lowest BCUT2D eigenvalue weighted by Gasteiger charge is -2.23. The minimum Gasteiger partial charge on any atom is -0.396 e. The lowest BCUT2D eigenvalue weighted by Crippen LogP contribution is -2.30. The lowest BCUT2D eigenvalue weighted by molar-refractivity contribution is 0.284. The van der Waals surface area contributed by atoms with E-state index >= 15 is 0 Å². The summed E-state index contributed by atoms with van der Waals surface area (Å²) < 4.78 is 13.2. The SMILES string of the molecule is CC(=Nc1ccc(F)cn1)N1CCCNc2ccc(-c3cccc(CCCCO)c3)nc21. The van der Waals surface area contributed by atoms with E-state index in [1.54, 1.807) is 6.07 Å². The zero-order chi connectivity index (χ0) is 22.3. The summed E-state index contributed by atoms with van der Waals surface area (Å²) in [4.78, 5) is 15.8. The van der Waals surface area contributed by atoms with Gasteiger partial charge in [-0.15, -0.1) is 0 Å². The fourth-order valence-electron chi connectivity index (χ4n) is 3.82. The van der Waals surface area contributed by atoms with Crippen LogP contribution < -0.4 is 10.2 Å². The van der Waals surface area contributed by atoms with E-state index in [0.717, 1.165) is 67.4 Å². The van der Waals surface area contributed by atoms with Gasteiger partial charge in [-0.05, 0) is 68.5 Å². The first-order valence-corrected chi connectivity index (χ1v) is 11.0. The summed E-state index contributed by atoms with van der Waals surface area (Å²) in [5.74, 6) is 1.68. The molecule has 3 aromatic rings. The Morgan fingerprint density at radius 2 is 2.09 bits per heavy atom. The van der Waals surface area contributed by atoms with Crippen molar-refractivity contribution in [2.45, 2.75) is 32.6 Å². The number of pyridine rings is 2. The number of aliphatic hydroxyl groups is 1. The number of unbranched alkanes of at least 4 members (excludes halogenated alkanes) is 1. The average Bonchev–Trinajstić information content (AvgIpc) is 3.03. The molecule has 0 bridgehead atoms. The van der Waals surface area contributed by atoms with Gasteiger partial charge in [-0.1, -0.05) is 18.2 Å². The van der Waals surface area contributed by atoms with Crippen LogP contribution in [-0.4, -0.2) is 40.6 Å². The van der Waals surface area contributed by atoms with E-state index in [9.17, 15) is 4.39 Å². The maximum atomic E-state index is 13.2. The van der Waals surface area contributed by atoms with Crippen LogP contribution in [0.15, 0.2) is 59.7 Å². The third-order valence-electron chi connectivity index (χ3n) is 5.48. The number of aliphatic hydroxyl groups excluding tert-OH is 1. The van der Waals surface area contributed by atoms with Crippen LogP contribution in [0.1, 0.15) is 31.7 Å². The Kier molecular flexibility index (Phi) is 7.07. The van der Waals surface area contributed by atoms with Gasteiger partial charge in [0.05, 0.1) is 17.6 Å². The summed E-state index contributed by atoms with van der Waals surface area (Å²) in [7, 11) is 0. The smallest absolute Gasteiger partial charge is 0.158 e. The summed E-state index contributed by atoms with van der Waals surface area (Å²) in [6.45, 7) is 3.78. The Labute approximate surface area is 187 Å². The molecule has 0 atom stereocenters. The number of halogens is 1. The minimum atomic E-state index is -0.379. The number of aryl methyl sites for hydroxylation is 1. The molecule has 0 amide bonds. The molecule has 0 fully saturated rings. The number of benzene rings is 1. The number of nitrogens with zero attached hydrogens (tertiary/aromatic N) is 4. The number of amidine groups is 1. The molecule has 166 valence electrons. The number of anilines is 2. The molecular weight excluding hydrogens is 405 g/mol. The molecule has 0 aliphatic carbocycles. The highest BCUT2D eigenvalue weighted by molar-refractivity contribution is 5.99. The molecule has 4 rings (SSSR count). The van der Waals surface area contributed by atoms with Crippen LogP contribution in [0.4, 0.5) is 21.7 Å². The second-order valence-electron chi connectivity index (χ2n) is 7.87. The number of hydrogen-bond acceptors (Lipinski definition) is 5. The second kappa shape index (κ2) is 10.3. The van der Waals surface area contributed by atoms with Crippen LogP contribution in [0.2, 0.25) is 0 Å². The predicted octanol–water partition coefficient (Wildman–Crippen LogP) is 4.97. The van der Waals surface area contributed by atoms with Gasteiger partial charge in [0.1, 0.15) is 11.7 Å². The molecule has 2 N–H and O–H groups in total. The van der Waals surface area contributed by atoms with Crippen molar-refractivity contribution in [2.75, 3.05) is 29.9 Å². The van der Waals surface area contributed by atoms with E-state index in [4.69, 9.17) is 10.1 Å². The number of aliphatic imine (C=N–C) groups is 1. The van der Waals surface area contributed by atoms with Crippen LogP contribution in [0, 0.1) is 5.82 Å². The number of nitrogens with one attached hydrogen (secondary N) is 1. The summed E-state index contributed by atoms with van der Waals surface area (Å²) in [5, 5.41) is 12.5. The average molecular weight is 434 g/mol. The normalized spacial score (nSPS) is 14.0. The van der Waals surface area contributed by atoms with Crippen molar-refractivity contribution in [2.24, 2.45) is 4.99 Å². The van der Waals surface area contributed by atoms with E-state index in [1.165, 1.54) is 17.8 Å². The molecule has 1 aromatic carbocycles. The molecule has 1 aliphatic rings. The van der Waals surface area contributed by atoms with E-state index in [0.29, 0.717) is 5.82 Å². The van der Waals surface area contributed by atoms with E-state index < -0.39 is 0 Å². The van der Waals surface area contributed by atoms with Crippen LogP contribution >= 0.6 is 0 Å². The molecule has 7 heteroatoms. The largest absolute Gasteiger partial charge is 0.396 e. The molecule has 0 unspecified atom stereocenters. The van der Waals surface area contributed by atoms with Gasteiger partial charge in [0, 0.05) is 25.3 Å². The molecule has 3 heterocycles. The molecule has 0 spiro atoms. The van der Waals surface area contributed by atoms with Gasteiger partial charge in [0.15, 0.2) is 11.6 Å². The van der Waals surface area contributed by atoms with Crippen molar-refractivity contribution < 1.29 is 9.50 Å². The first-order valence-electron chi connectivity index (χ1n) is 11.0. The molecule has 32 heavy (non-hydrogen) atoms. The van der Waals surface area contributed by atoms with E-state index in [2.05, 4.69) is 50.5 Å². The zero-order valence-corrected chi connectivity index (χ0v) is 18.3. The predicted molar refractivity (Wildman–Crippen MR) is 127 cm³/mol. The van der Waals surface area contributed by atoms with E-state index in [-0.39, 0.29) is 12.4 Å². The lowest BCUT2D eigenvalue weighted by atomic mass is 10.0. The number of hydrogen-bond donors (Lipinski definition) is 2. The Balaban J connectivity index is 1.65. The molecule has 6 nitrogen and oxygen atoms in total. The number of rotatable bonds is 6. The Morgan fingerprint density at radius 1 is 1.19 bits per heavy atom. The van der Waals surface area contributed by atoms with Crippen LogP contribution in [-0.2, 0) is 6.42 Å². The van der Waals surface area contributed by atoms with Crippen molar-refractivity contribution in [1.29, 1.82) is 0 Å². The van der Waals surface area contributed by atoms with Gasteiger partial charge < -0.3 is 15.3 Å². The fourth-order valence-corrected chi connectivity index (χ4v) is 3.82. The zero-order valence-electron chi connectivity index (χ0n) is 18.3. The van der Waals surface area contributed by atoms with Crippen molar-refractivity contribution in [3.63, 3.8) is 0 Å². The Bertz CT molecular complexity index is 1080. The third-order valence-corrected chi connectivity index (χ3v) is 5.48. The van der Waals surface area contributed by atoms with Gasteiger partial charge in [-0.3, -0.25) is 0 Å². The summed E-state index contributed by atoms with van der Waals surface area (Å²) in [6.07, 6.45) is 4.82. The van der Waals surface area contributed by atoms with Crippen molar-refractivity contribution >= 4 is 23.2 Å². The van der Waals surface area contributed by atoms with Crippen LogP contribution in [0.25, 0.3) is 11.3 Å². The van der Waals surface area contributed by atoms with Gasteiger partial charge >= 0.3 is 0 Å². The van der Waals surface area contributed by atoms with Gasteiger partial charge in [0.25, 0.3) is 0 Å². The van der Waals surface area contributed by atoms with Crippen LogP contribution in [0.5, 0.6) is 0 Å². The minimum absolute atomic E-state index is 0.225. The molecule has 1 aliphatic heterocycles. The topological polar surface area (TPSA) is 73.6 Å².